The molecular weight excluding hydrogens is 392 g/mol. The van der Waals surface area contributed by atoms with Crippen molar-refractivity contribution in [1.29, 1.82) is 0 Å². The standard InChI is InChI=1S/C17H20N2O6S2/c1-27(23,24)25-10-15-8-16(18-19(17(15)20)9-12-2-3-12)14-6-4-13(5-7-14)11-26(21)22/h4-8,12H,2-3,9-11H2,1H3,(H,21,22)/p-1. The van der Waals surface area contributed by atoms with Gasteiger partial charge in [0, 0.05) is 23.4 Å². The number of nitrogens with zero attached hydrogens (tertiary/aromatic N) is 2. The Labute approximate surface area is 159 Å². The second kappa shape index (κ2) is 8.01. The maximum Gasteiger partial charge on any atom is 0.272 e. The van der Waals surface area contributed by atoms with Gasteiger partial charge in [-0.1, -0.05) is 35.3 Å². The van der Waals surface area contributed by atoms with E-state index in [2.05, 4.69) is 5.10 Å². The number of hydrogen-bond donors (Lipinski definition) is 0. The van der Waals surface area contributed by atoms with Crippen molar-refractivity contribution in [2.24, 2.45) is 5.92 Å². The van der Waals surface area contributed by atoms with Crippen molar-refractivity contribution in [2.75, 3.05) is 6.26 Å². The lowest BCUT2D eigenvalue weighted by molar-refractivity contribution is 0.308. The molecule has 27 heavy (non-hydrogen) atoms. The van der Waals surface area contributed by atoms with Crippen LogP contribution in [0.2, 0.25) is 0 Å². The molecule has 8 nitrogen and oxygen atoms in total. The minimum atomic E-state index is -3.68. The van der Waals surface area contributed by atoms with Crippen molar-refractivity contribution < 1.29 is 21.4 Å². The highest BCUT2D eigenvalue weighted by atomic mass is 32.2. The van der Waals surface area contributed by atoms with Crippen LogP contribution in [0.25, 0.3) is 11.3 Å². The van der Waals surface area contributed by atoms with Crippen molar-refractivity contribution >= 4 is 21.2 Å². The van der Waals surface area contributed by atoms with E-state index in [4.69, 9.17) is 4.18 Å². The van der Waals surface area contributed by atoms with Crippen LogP contribution in [0.4, 0.5) is 0 Å². The van der Waals surface area contributed by atoms with Crippen LogP contribution in [0.3, 0.4) is 0 Å². The van der Waals surface area contributed by atoms with Gasteiger partial charge in [0.25, 0.3) is 15.7 Å². The topological polar surface area (TPSA) is 118 Å². The minimum Gasteiger partial charge on any atom is -0.772 e. The van der Waals surface area contributed by atoms with Gasteiger partial charge < -0.3 is 4.55 Å². The van der Waals surface area contributed by atoms with Crippen molar-refractivity contribution in [2.45, 2.75) is 31.7 Å². The average Bonchev–Trinajstić information content (AvgIpc) is 3.39. The lowest BCUT2D eigenvalue weighted by Gasteiger charge is -2.11. The van der Waals surface area contributed by atoms with Crippen molar-refractivity contribution in [1.82, 2.24) is 9.78 Å². The molecular formula is C17H19N2O6S2-. The highest BCUT2D eigenvalue weighted by Gasteiger charge is 2.24. The van der Waals surface area contributed by atoms with Crippen LogP contribution in [0.15, 0.2) is 35.1 Å². The molecule has 1 aliphatic rings. The number of hydrogen-bond acceptors (Lipinski definition) is 7. The molecule has 1 aromatic heterocycles. The molecule has 0 saturated heterocycles. The molecule has 2 aromatic rings. The molecule has 10 heteroatoms. The normalized spacial score (nSPS) is 15.6. The Balaban J connectivity index is 1.95. The van der Waals surface area contributed by atoms with Crippen molar-refractivity contribution in [3.63, 3.8) is 0 Å². The summed E-state index contributed by atoms with van der Waals surface area (Å²) in [4.78, 5) is 12.6. The van der Waals surface area contributed by atoms with E-state index in [-0.39, 0.29) is 23.5 Å². The van der Waals surface area contributed by atoms with Gasteiger partial charge in [-0.15, -0.1) is 0 Å². The van der Waals surface area contributed by atoms with E-state index >= 15 is 0 Å². The van der Waals surface area contributed by atoms with Gasteiger partial charge in [-0.2, -0.15) is 13.5 Å². The zero-order valence-electron chi connectivity index (χ0n) is 14.7. The van der Waals surface area contributed by atoms with E-state index in [0.717, 1.165) is 19.1 Å². The smallest absolute Gasteiger partial charge is 0.272 e. The molecule has 0 bridgehead atoms. The fourth-order valence-corrected chi connectivity index (χ4v) is 3.39. The quantitative estimate of drug-likeness (QED) is 0.472. The first-order chi connectivity index (χ1) is 12.7. The molecule has 1 unspecified atom stereocenters. The lowest BCUT2D eigenvalue weighted by Crippen LogP contribution is -2.28. The monoisotopic (exact) mass is 411 g/mol. The highest BCUT2D eigenvalue weighted by Crippen LogP contribution is 2.30. The van der Waals surface area contributed by atoms with Gasteiger partial charge in [0.2, 0.25) is 0 Å². The first-order valence-corrected chi connectivity index (χ1v) is 11.4. The maximum absolute atomic E-state index is 12.6. The molecule has 0 spiro atoms. The van der Waals surface area contributed by atoms with Gasteiger partial charge in [0.1, 0.15) is 0 Å². The van der Waals surface area contributed by atoms with Crippen molar-refractivity contribution in [3.05, 3.63) is 51.8 Å². The second-order valence-corrected chi connectivity index (χ2v) is 9.14. The zero-order valence-corrected chi connectivity index (χ0v) is 16.3. The van der Waals surface area contributed by atoms with Crippen LogP contribution >= 0.6 is 0 Å². The van der Waals surface area contributed by atoms with Crippen LogP contribution < -0.4 is 5.56 Å². The molecule has 1 heterocycles. The molecule has 1 aromatic carbocycles. The molecule has 1 fully saturated rings. The Morgan fingerprint density at radius 1 is 1.30 bits per heavy atom. The third kappa shape index (κ3) is 5.80. The van der Waals surface area contributed by atoms with Crippen molar-refractivity contribution in [3.8, 4) is 11.3 Å². The molecule has 0 radical (unpaired) electrons. The summed E-state index contributed by atoms with van der Waals surface area (Å²) in [5.41, 5.74) is 1.67. The predicted octanol–water partition coefficient (Wildman–Crippen LogP) is 1.18. The van der Waals surface area contributed by atoms with Crippen LogP contribution in [0.1, 0.15) is 24.0 Å². The summed E-state index contributed by atoms with van der Waals surface area (Å²) in [5.74, 6) is 0.325. The zero-order chi connectivity index (χ0) is 19.6. The number of aromatic nitrogens is 2. The Morgan fingerprint density at radius 3 is 2.52 bits per heavy atom. The number of rotatable bonds is 8. The van der Waals surface area contributed by atoms with Gasteiger partial charge in [0.15, 0.2) is 0 Å². The largest absolute Gasteiger partial charge is 0.772 e. The van der Waals surface area contributed by atoms with E-state index in [1.165, 1.54) is 10.7 Å². The van der Waals surface area contributed by atoms with Gasteiger partial charge in [-0.05, 0) is 30.4 Å². The first-order valence-electron chi connectivity index (χ1n) is 8.32. The van der Waals surface area contributed by atoms with Gasteiger partial charge in [0.05, 0.1) is 18.6 Å². The van der Waals surface area contributed by atoms with Crippen LogP contribution in [-0.4, -0.2) is 33.2 Å². The lowest BCUT2D eigenvalue weighted by atomic mass is 10.1. The Kier molecular flexibility index (Phi) is 5.89. The SMILES string of the molecule is CS(=O)(=O)OCc1cc(-c2ccc(CS(=O)[O-])cc2)nn(CC2CC2)c1=O. The molecule has 1 aliphatic carbocycles. The van der Waals surface area contributed by atoms with Crippen LogP contribution in [0.5, 0.6) is 0 Å². The maximum atomic E-state index is 12.6. The van der Waals surface area contributed by atoms with Gasteiger partial charge >= 0.3 is 0 Å². The summed E-state index contributed by atoms with van der Waals surface area (Å²) in [6, 6.07) is 8.30. The van der Waals surface area contributed by atoms with E-state index in [1.807, 2.05) is 0 Å². The third-order valence-electron chi connectivity index (χ3n) is 4.14. The number of benzene rings is 1. The van der Waals surface area contributed by atoms with Crippen LogP contribution in [0, 0.1) is 5.92 Å². The molecule has 146 valence electrons. The first kappa shape index (κ1) is 19.9. The van der Waals surface area contributed by atoms with E-state index in [1.54, 1.807) is 24.3 Å². The van der Waals surface area contributed by atoms with E-state index < -0.39 is 21.2 Å². The molecule has 1 saturated carbocycles. The Bertz CT molecular complexity index is 1010. The molecule has 0 amide bonds. The van der Waals surface area contributed by atoms with Crippen LogP contribution in [-0.2, 0) is 44.3 Å². The summed E-state index contributed by atoms with van der Waals surface area (Å²) in [7, 11) is -3.68. The Morgan fingerprint density at radius 2 is 1.96 bits per heavy atom. The molecule has 0 N–H and O–H groups in total. The molecule has 3 rings (SSSR count). The minimum absolute atomic E-state index is 0.0810. The highest BCUT2D eigenvalue weighted by molar-refractivity contribution is 7.85. The predicted molar refractivity (Wildman–Crippen MR) is 98.9 cm³/mol. The van der Waals surface area contributed by atoms with Gasteiger partial charge in [-0.25, -0.2) is 4.68 Å². The van der Waals surface area contributed by atoms with Gasteiger partial charge in [-0.3, -0.25) is 13.2 Å². The molecule has 0 aliphatic heterocycles. The summed E-state index contributed by atoms with van der Waals surface area (Å²) >= 11 is -2.17. The second-order valence-electron chi connectivity index (χ2n) is 6.60. The molecule has 1 atom stereocenters. The van der Waals surface area contributed by atoms with E-state index in [9.17, 15) is 22.0 Å². The summed E-state index contributed by atoms with van der Waals surface area (Å²) in [6.45, 7) is 0.122. The Hall–Kier alpha value is -1.88. The third-order valence-corrected chi connectivity index (χ3v) is 5.25. The average molecular weight is 411 g/mol. The van der Waals surface area contributed by atoms with E-state index in [0.29, 0.717) is 29.3 Å². The summed E-state index contributed by atoms with van der Waals surface area (Å²) in [5, 5.41) is 4.40. The summed E-state index contributed by atoms with van der Waals surface area (Å²) < 4.78 is 50.3. The fourth-order valence-electron chi connectivity index (χ4n) is 2.59. The summed E-state index contributed by atoms with van der Waals surface area (Å²) in [6.07, 6.45) is 3.00. The fraction of sp³-hybridized carbons (Fsp3) is 0.412.